The molecule has 2 aliphatic rings. The van der Waals surface area contributed by atoms with Gasteiger partial charge < -0.3 is 10.1 Å². The highest BCUT2D eigenvalue weighted by Gasteiger charge is 2.47. The molecule has 5 heteroatoms. The topological polar surface area (TPSA) is 61.4 Å². The molecule has 2 fully saturated rings. The van der Waals surface area contributed by atoms with Gasteiger partial charge in [0.2, 0.25) is 5.91 Å². The van der Waals surface area contributed by atoms with Crippen molar-refractivity contribution in [1.29, 1.82) is 0 Å². The summed E-state index contributed by atoms with van der Waals surface area (Å²) in [4.78, 5) is 23.2. The Morgan fingerprint density at radius 2 is 2.06 bits per heavy atom. The van der Waals surface area contributed by atoms with Crippen molar-refractivity contribution in [3.63, 3.8) is 0 Å². The molecule has 2 heterocycles. The van der Waals surface area contributed by atoms with Gasteiger partial charge in [-0.1, -0.05) is 30.3 Å². The van der Waals surface area contributed by atoms with E-state index in [9.17, 15) is 9.59 Å². The number of carbonyl (C=O) groups excluding carboxylic acids is 2. The average molecular weight is 245 g/mol. The first-order valence-corrected chi connectivity index (χ1v) is 6.12. The monoisotopic (exact) mass is 245 g/mol. The number of aldehydes is 1. The Labute approximate surface area is 105 Å². The summed E-state index contributed by atoms with van der Waals surface area (Å²) in [6.07, 6.45) is 0.889. The first-order valence-electron chi connectivity index (χ1n) is 6.12. The number of amides is 1. The van der Waals surface area contributed by atoms with E-state index in [0.717, 1.165) is 18.4 Å². The SMILES string of the molecule is O=CC1C(c2ccccc2)NN2CCNC(=O)C12. The van der Waals surface area contributed by atoms with E-state index >= 15 is 0 Å². The minimum Gasteiger partial charge on any atom is -0.353 e. The Bertz CT molecular complexity index is 463. The molecular formula is C13H15N3O2. The van der Waals surface area contributed by atoms with Crippen LogP contribution in [0.1, 0.15) is 11.6 Å². The van der Waals surface area contributed by atoms with Gasteiger partial charge in [-0.05, 0) is 5.56 Å². The van der Waals surface area contributed by atoms with Gasteiger partial charge in [-0.15, -0.1) is 0 Å². The maximum atomic E-state index is 11.9. The summed E-state index contributed by atoms with van der Waals surface area (Å²) < 4.78 is 0. The van der Waals surface area contributed by atoms with Crippen molar-refractivity contribution in [2.45, 2.75) is 12.1 Å². The normalized spacial score (nSPS) is 31.8. The van der Waals surface area contributed by atoms with Crippen LogP contribution in [0, 0.1) is 5.92 Å². The van der Waals surface area contributed by atoms with Crippen molar-refractivity contribution >= 4 is 12.2 Å². The highest BCUT2D eigenvalue weighted by molar-refractivity contribution is 5.86. The molecule has 0 radical (unpaired) electrons. The van der Waals surface area contributed by atoms with Crippen molar-refractivity contribution in [2.24, 2.45) is 5.92 Å². The van der Waals surface area contributed by atoms with Gasteiger partial charge >= 0.3 is 0 Å². The van der Waals surface area contributed by atoms with Gasteiger partial charge in [0.1, 0.15) is 12.3 Å². The Kier molecular flexibility index (Phi) is 2.85. The lowest BCUT2D eigenvalue weighted by molar-refractivity contribution is -0.131. The zero-order chi connectivity index (χ0) is 12.5. The van der Waals surface area contributed by atoms with E-state index in [4.69, 9.17) is 0 Å². The molecule has 18 heavy (non-hydrogen) atoms. The molecule has 0 aromatic heterocycles. The molecule has 2 N–H and O–H groups in total. The molecule has 3 rings (SSSR count). The summed E-state index contributed by atoms with van der Waals surface area (Å²) in [5, 5.41) is 4.69. The molecule has 1 aromatic carbocycles. The molecule has 94 valence electrons. The minimum absolute atomic E-state index is 0.0655. The molecule has 2 aliphatic heterocycles. The Balaban J connectivity index is 1.93. The van der Waals surface area contributed by atoms with Gasteiger partial charge in [-0.25, -0.2) is 10.4 Å². The van der Waals surface area contributed by atoms with Crippen LogP contribution in [0.5, 0.6) is 0 Å². The highest BCUT2D eigenvalue weighted by Crippen LogP contribution is 2.32. The van der Waals surface area contributed by atoms with Crippen molar-refractivity contribution in [2.75, 3.05) is 13.1 Å². The van der Waals surface area contributed by atoms with Gasteiger partial charge in [0.05, 0.1) is 12.0 Å². The number of piperazine rings is 1. The molecule has 0 spiro atoms. The van der Waals surface area contributed by atoms with Gasteiger partial charge in [0.25, 0.3) is 0 Å². The Morgan fingerprint density at radius 1 is 1.28 bits per heavy atom. The fraction of sp³-hybridized carbons (Fsp3) is 0.385. The summed E-state index contributed by atoms with van der Waals surface area (Å²) in [6.45, 7) is 1.35. The maximum Gasteiger partial charge on any atom is 0.239 e. The third-order valence-corrected chi connectivity index (χ3v) is 3.63. The van der Waals surface area contributed by atoms with Crippen LogP contribution in [-0.2, 0) is 9.59 Å². The number of nitrogens with one attached hydrogen (secondary N) is 2. The van der Waals surface area contributed by atoms with Crippen molar-refractivity contribution in [3.05, 3.63) is 35.9 Å². The molecule has 0 bridgehead atoms. The predicted octanol–water partition coefficient (Wildman–Crippen LogP) is -0.139. The fourth-order valence-electron chi connectivity index (χ4n) is 2.77. The zero-order valence-corrected chi connectivity index (χ0v) is 9.87. The van der Waals surface area contributed by atoms with Crippen LogP contribution in [0.25, 0.3) is 0 Å². The molecule has 0 aliphatic carbocycles. The predicted molar refractivity (Wildman–Crippen MR) is 65.4 cm³/mol. The number of hydrazine groups is 1. The largest absolute Gasteiger partial charge is 0.353 e. The number of fused-ring (bicyclic) bond motifs is 1. The standard InChI is InChI=1S/C13H15N3O2/c17-8-10-11(9-4-2-1-3-5-9)15-16-7-6-14-13(18)12(10)16/h1-5,8,10-12,15H,6-7H2,(H,14,18). The number of rotatable bonds is 2. The van der Waals surface area contributed by atoms with Crippen LogP contribution in [0.3, 0.4) is 0 Å². The first kappa shape index (κ1) is 11.4. The van der Waals surface area contributed by atoms with Crippen molar-refractivity contribution in [1.82, 2.24) is 15.8 Å². The molecule has 5 nitrogen and oxygen atoms in total. The van der Waals surface area contributed by atoms with E-state index in [1.54, 1.807) is 0 Å². The smallest absolute Gasteiger partial charge is 0.239 e. The molecule has 3 unspecified atom stereocenters. The number of carbonyl (C=O) groups is 2. The molecule has 2 saturated heterocycles. The van der Waals surface area contributed by atoms with Crippen LogP contribution in [-0.4, -0.2) is 36.3 Å². The number of hydrogen-bond donors (Lipinski definition) is 2. The molecular weight excluding hydrogens is 230 g/mol. The van der Waals surface area contributed by atoms with Crippen LogP contribution in [0.4, 0.5) is 0 Å². The Morgan fingerprint density at radius 3 is 2.78 bits per heavy atom. The van der Waals surface area contributed by atoms with Gasteiger partial charge in [0, 0.05) is 13.1 Å². The van der Waals surface area contributed by atoms with E-state index < -0.39 is 0 Å². The molecule has 1 amide bonds. The lowest BCUT2D eigenvalue weighted by atomic mass is 9.89. The van der Waals surface area contributed by atoms with E-state index in [-0.39, 0.29) is 23.9 Å². The fourth-order valence-corrected chi connectivity index (χ4v) is 2.77. The minimum atomic E-state index is -0.388. The second-order valence-corrected chi connectivity index (χ2v) is 4.66. The highest BCUT2D eigenvalue weighted by atomic mass is 16.2. The van der Waals surface area contributed by atoms with Crippen LogP contribution in [0.2, 0.25) is 0 Å². The van der Waals surface area contributed by atoms with Gasteiger partial charge in [-0.2, -0.15) is 0 Å². The molecule has 0 saturated carbocycles. The molecule has 3 atom stereocenters. The van der Waals surface area contributed by atoms with Crippen LogP contribution >= 0.6 is 0 Å². The summed E-state index contributed by atoms with van der Waals surface area (Å²) in [5.41, 5.74) is 4.32. The van der Waals surface area contributed by atoms with Crippen LogP contribution < -0.4 is 10.7 Å². The third kappa shape index (κ3) is 1.72. The van der Waals surface area contributed by atoms with E-state index in [1.807, 2.05) is 35.3 Å². The van der Waals surface area contributed by atoms with E-state index in [2.05, 4.69) is 10.7 Å². The maximum absolute atomic E-state index is 11.9. The first-order chi connectivity index (χ1) is 8.81. The lowest BCUT2D eigenvalue weighted by Crippen LogP contribution is -2.56. The van der Waals surface area contributed by atoms with Gasteiger partial charge in [0.15, 0.2) is 0 Å². The Hall–Kier alpha value is -1.72. The number of nitrogens with zero attached hydrogens (tertiary/aromatic N) is 1. The van der Waals surface area contributed by atoms with E-state index in [1.165, 1.54) is 0 Å². The second-order valence-electron chi connectivity index (χ2n) is 4.66. The lowest BCUT2D eigenvalue weighted by Gasteiger charge is -2.29. The summed E-state index contributed by atoms with van der Waals surface area (Å²) in [7, 11) is 0. The van der Waals surface area contributed by atoms with Crippen molar-refractivity contribution < 1.29 is 9.59 Å². The van der Waals surface area contributed by atoms with Crippen molar-refractivity contribution in [3.8, 4) is 0 Å². The summed E-state index contributed by atoms with van der Waals surface area (Å²) in [6, 6.07) is 9.27. The summed E-state index contributed by atoms with van der Waals surface area (Å²) >= 11 is 0. The van der Waals surface area contributed by atoms with E-state index in [0.29, 0.717) is 6.54 Å². The summed E-state index contributed by atoms with van der Waals surface area (Å²) in [5.74, 6) is -0.406. The van der Waals surface area contributed by atoms with Gasteiger partial charge in [-0.3, -0.25) is 4.79 Å². The zero-order valence-electron chi connectivity index (χ0n) is 9.87. The molecule has 1 aromatic rings. The average Bonchev–Trinajstić information content (AvgIpc) is 2.79. The third-order valence-electron chi connectivity index (χ3n) is 3.63. The second kappa shape index (κ2) is 4.51. The van der Waals surface area contributed by atoms with Crippen LogP contribution in [0.15, 0.2) is 30.3 Å². The number of hydrogen-bond acceptors (Lipinski definition) is 4. The quantitative estimate of drug-likeness (QED) is 0.712. The number of benzene rings is 1.